The Morgan fingerprint density at radius 1 is 1.30 bits per heavy atom. The van der Waals surface area contributed by atoms with Crippen LogP contribution in [0.1, 0.15) is 32.6 Å². The van der Waals surface area contributed by atoms with Gasteiger partial charge >= 0.3 is 0 Å². The standard InChI is InChI=1S/C14H21BrN2O2S/c1-10-5-3-4-6-13(10)17(2)20(18,19)14-8-7-11(16)9-12(14)15/h7-10,13H,3-6,16H2,1-2H3. The monoisotopic (exact) mass is 360 g/mol. The van der Waals surface area contributed by atoms with E-state index in [0.29, 0.717) is 16.1 Å². The highest BCUT2D eigenvalue weighted by Gasteiger charge is 2.33. The van der Waals surface area contributed by atoms with Crippen molar-refractivity contribution in [1.82, 2.24) is 4.31 Å². The third-order valence-electron chi connectivity index (χ3n) is 4.15. The zero-order valence-electron chi connectivity index (χ0n) is 11.8. The number of hydrogen-bond acceptors (Lipinski definition) is 3. The van der Waals surface area contributed by atoms with Crippen LogP contribution in [0, 0.1) is 5.92 Å². The van der Waals surface area contributed by atoms with E-state index in [9.17, 15) is 8.42 Å². The molecule has 0 saturated heterocycles. The molecule has 1 fully saturated rings. The van der Waals surface area contributed by atoms with Gasteiger partial charge in [0.1, 0.15) is 0 Å². The molecule has 2 atom stereocenters. The first-order valence-electron chi connectivity index (χ1n) is 6.87. The van der Waals surface area contributed by atoms with Crippen molar-refractivity contribution in [1.29, 1.82) is 0 Å². The van der Waals surface area contributed by atoms with Gasteiger partial charge in [-0.3, -0.25) is 0 Å². The summed E-state index contributed by atoms with van der Waals surface area (Å²) in [5.41, 5.74) is 6.22. The number of anilines is 1. The Balaban J connectivity index is 2.33. The normalized spacial score (nSPS) is 24.0. The van der Waals surface area contributed by atoms with Crippen molar-refractivity contribution in [2.75, 3.05) is 12.8 Å². The van der Waals surface area contributed by atoms with Crippen LogP contribution in [-0.4, -0.2) is 25.8 Å². The van der Waals surface area contributed by atoms with Crippen molar-refractivity contribution in [2.45, 2.75) is 43.5 Å². The molecule has 4 nitrogen and oxygen atoms in total. The molecule has 1 aliphatic rings. The molecular weight excluding hydrogens is 340 g/mol. The van der Waals surface area contributed by atoms with E-state index in [1.807, 2.05) is 0 Å². The third-order valence-corrected chi connectivity index (χ3v) is 7.01. The molecule has 6 heteroatoms. The second-order valence-corrected chi connectivity index (χ2v) is 8.36. The number of nitrogens with zero attached hydrogens (tertiary/aromatic N) is 1. The van der Waals surface area contributed by atoms with Crippen molar-refractivity contribution in [3.63, 3.8) is 0 Å². The maximum absolute atomic E-state index is 12.8. The van der Waals surface area contributed by atoms with Gasteiger partial charge in [-0.05, 0) is 52.9 Å². The molecule has 0 spiro atoms. The highest BCUT2D eigenvalue weighted by atomic mass is 79.9. The SMILES string of the molecule is CC1CCCCC1N(C)S(=O)(=O)c1ccc(N)cc1Br. The molecule has 1 aromatic carbocycles. The molecule has 2 rings (SSSR count). The molecule has 2 N–H and O–H groups in total. The van der Waals surface area contributed by atoms with Crippen molar-refractivity contribution < 1.29 is 8.42 Å². The molecule has 0 bridgehead atoms. The molecule has 0 aromatic heterocycles. The van der Waals surface area contributed by atoms with Gasteiger partial charge in [0.15, 0.2) is 0 Å². The lowest BCUT2D eigenvalue weighted by molar-refractivity contribution is 0.213. The van der Waals surface area contributed by atoms with Crippen molar-refractivity contribution in [3.05, 3.63) is 22.7 Å². The van der Waals surface area contributed by atoms with Gasteiger partial charge in [-0.1, -0.05) is 19.8 Å². The quantitative estimate of drug-likeness (QED) is 0.841. The Labute approximate surface area is 129 Å². The average Bonchev–Trinajstić information content (AvgIpc) is 2.38. The number of nitrogens with two attached hydrogens (primary N) is 1. The van der Waals surface area contributed by atoms with E-state index in [1.165, 1.54) is 10.7 Å². The van der Waals surface area contributed by atoms with Crippen LogP contribution in [0.2, 0.25) is 0 Å². The van der Waals surface area contributed by atoms with Gasteiger partial charge in [-0.25, -0.2) is 8.42 Å². The molecular formula is C14H21BrN2O2S. The fraction of sp³-hybridized carbons (Fsp3) is 0.571. The van der Waals surface area contributed by atoms with Gasteiger partial charge in [-0.15, -0.1) is 0 Å². The minimum atomic E-state index is -3.49. The summed E-state index contributed by atoms with van der Waals surface area (Å²) < 4.78 is 27.6. The summed E-state index contributed by atoms with van der Waals surface area (Å²) in [5.74, 6) is 0.399. The number of benzene rings is 1. The Morgan fingerprint density at radius 2 is 1.95 bits per heavy atom. The second kappa shape index (κ2) is 6.03. The number of nitrogen functional groups attached to an aromatic ring is 1. The molecule has 20 heavy (non-hydrogen) atoms. The molecule has 1 aliphatic carbocycles. The van der Waals surface area contributed by atoms with E-state index in [-0.39, 0.29) is 10.9 Å². The minimum Gasteiger partial charge on any atom is -0.399 e. The van der Waals surface area contributed by atoms with E-state index >= 15 is 0 Å². The van der Waals surface area contributed by atoms with Crippen LogP contribution in [0.5, 0.6) is 0 Å². The smallest absolute Gasteiger partial charge is 0.244 e. The van der Waals surface area contributed by atoms with Crippen LogP contribution < -0.4 is 5.73 Å². The summed E-state index contributed by atoms with van der Waals surface area (Å²) in [7, 11) is -1.80. The molecule has 0 aliphatic heterocycles. The molecule has 0 heterocycles. The van der Waals surface area contributed by atoms with Crippen molar-refractivity contribution in [2.24, 2.45) is 5.92 Å². The Morgan fingerprint density at radius 3 is 2.55 bits per heavy atom. The maximum Gasteiger partial charge on any atom is 0.244 e. The Bertz CT molecular complexity index is 589. The van der Waals surface area contributed by atoms with Crippen LogP contribution in [0.3, 0.4) is 0 Å². The predicted molar refractivity (Wildman–Crippen MR) is 84.9 cm³/mol. The van der Waals surface area contributed by atoms with E-state index in [0.717, 1.165) is 19.3 Å². The summed E-state index contributed by atoms with van der Waals surface area (Å²) in [4.78, 5) is 0.284. The molecule has 112 valence electrons. The first kappa shape index (κ1) is 15.8. The first-order valence-corrected chi connectivity index (χ1v) is 9.10. The van der Waals surface area contributed by atoms with Gasteiger partial charge < -0.3 is 5.73 Å². The zero-order chi connectivity index (χ0) is 14.9. The highest BCUT2D eigenvalue weighted by Crippen LogP contribution is 2.33. The van der Waals surface area contributed by atoms with Gasteiger partial charge in [0.05, 0.1) is 4.90 Å². The van der Waals surface area contributed by atoms with Gasteiger partial charge in [0.25, 0.3) is 0 Å². The Hall–Kier alpha value is -0.590. The van der Waals surface area contributed by atoms with Crippen LogP contribution in [-0.2, 0) is 10.0 Å². The summed E-state index contributed by atoms with van der Waals surface area (Å²) in [6.45, 7) is 2.13. The molecule has 1 saturated carbocycles. The molecule has 2 unspecified atom stereocenters. The van der Waals surface area contributed by atoms with E-state index in [4.69, 9.17) is 5.73 Å². The lowest BCUT2D eigenvalue weighted by Crippen LogP contribution is -2.42. The Kier molecular flexibility index (Phi) is 4.76. The van der Waals surface area contributed by atoms with Crippen LogP contribution in [0.4, 0.5) is 5.69 Å². The summed E-state index contributed by atoms with van der Waals surface area (Å²) >= 11 is 3.30. The van der Waals surface area contributed by atoms with E-state index in [2.05, 4.69) is 22.9 Å². The number of sulfonamides is 1. The first-order chi connectivity index (χ1) is 9.34. The zero-order valence-corrected chi connectivity index (χ0v) is 14.2. The average molecular weight is 361 g/mol. The fourth-order valence-electron chi connectivity index (χ4n) is 2.90. The molecule has 0 radical (unpaired) electrons. The van der Waals surface area contributed by atoms with Crippen molar-refractivity contribution >= 4 is 31.6 Å². The van der Waals surface area contributed by atoms with Crippen molar-refractivity contribution in [3.8, 4) is 0 Å². The lowest BCUT2D eigenvalue weighted by atomic mass is 9.86. The van der Waals surface area contributed by atoms with Crippen LogP contribution in [0.15, 0.2) is 27.6 Å². The highest BCUT2D eigenvalue weighted by molar-refractivity contribution is 9.10. The minimum absolute atomic E-state index is 0.0817. The van der Waals surface area contributed by atoms with Gasteiger partial charge in [0, 0.05) is 23.2 Å². The largest absolute Gasteiger partial charge is 0.399 e. The van der Waals surface area contributed by atoms with Crippen LogP contribution >= 0.6 is 15.9 Å². The summed E-state index contributed by atoms with van der Waals surface area (Å²) in [6, 6.07) is 4.90. The number of hydrogen-bond donors (Lipinski definition) is 1. The molecule has 0 amide bonds. The topological polar surface area (TPSA) is 63.4 Å². The number of rotatable bonds is 3. The number of halogens is 1. The summed E-state index contributed by atoms with van der Waals surface area (Å²) in [6.07, 6.45) is 4.31. The lowest BCUT2D eigenvalue weighted by Gasteiger charge is -2.35. The molecule has 1 aromatic rings. The second-order valence-electron chi connectivity index (χ2n) is 5.54. The maximum atomic E-state index is 12.8. The fourth-order valence-corrected chi connectivity index (χ4v) is 5.43. The van der Waals surface area contributed by atoms with Gasteiger partial charge in [-0.2, -0.15) is 4.31 Å². The van der Waals surface area contributed by atoms with Gasteiger partial charge in [0.2, 0.25) is 10.0 Å². The summed E-state index contributed by atoms with van der Waals surface area (Å²) in [5, 5.41) is 0. The third kappa shape index (κ3) is 3.02. The van der Waals surface area contributed by atoms with E-state index < -0.39 is 10.0 Å². The van der Waals surface area contributed by atoms with E-state index in [1.54, 1.807) is 25.2 Å². The van der Waals surface area contributed by atoms with Crippen LogP contribution in [0.25, 0.3) is 0 Å². The predicted octanol–water partition coefficient (Wildman–Crippen LogP) is 3.23.